The summed E-state index contributed by atoms with van der Waals surface area (Å²) in [6.07, 6.45) is 3.39. The van der Waals surface area contributed by atoms with Crippen molar-refractivity contribution in [1.29, 1.82) is 0 Å². The molecule has 3 amide bonds. The molecule has 0 bridgehead atoms. The van der Waals surface area contributed by atoms with Crippen molar-refractivity contribution in [2.45, 2.75) is 32.6 Å². The third-order valence-corrected chi connectivity index (χ3v) is 5.50. The fourth-order valence-corrected chi connectivity index (χ4v) is 4.36. The molecule has 0 saturated carbocycles. The monoisotopic (exact) mass is 408 g/mol. The summed E-state index contributed by atoms with van der Waals surface area (Å²) < 4.78 is 32.5. The molecule has 0 radical (unpaired) electrons. The molecule has 6 nitrogen and oxygen atoms in total. The van der Waals surface area contributed by atoms with E-state index in [4.69, 9.17) is 4.74 Å². The zero-order valence-electron chi connectivity index (χ0n) is 15.1. The number of urea groups is 1. The molecule has 0 unspecified atom stereocenters. The molecule has 1 aliphatic rings. The van der Waals surface area contributed by atoms with Crippen molar-refractivity contribution in [3.8, 4) is 0 Å². The summed E-state index contributed by atoms with van der Waals surface area (Å²) in [5, 5.41) is 4.59. The van der Waals surface area contributed by atoms with Gasteiger partial charge in [-0.25, -0.2) is 18.4 Å². The number of thiophene rings is 1. The van der Waals surface area contributed by atoms with Crippen molar-refractivity contribution in [3.63, 3.8) is 0 Å². The smallest absolute Gasteiger partial charge is 0.341 e. The van der Waals surface area contributed by atoms with Crippen molar-refractivity contribution < 1.29 is 27.9 Å². The van der Waals surface area contributed by atoms with Crippen LogP contribution in [0.2, 0.25) is 0 Å². The first kappa shape index (κ1) is 19.9. The molecular formula is C19H18F2N2O4S. The van der Waals surface area contributed by atoms with Gasteiger partial charge in [0.1, 0.15) is 22.2 Å². The van der Waals surface area contributed by atoms with Gasteiger partial charge in [0.2, 0.25) is 0 Å². The molecule has 1 aromatic carbocycles. The second-order valence-electron chi connectivity index (χ2n) is 6.14. The molecule has 9 heteroatoms. The fourth-order valence-electron chi connectivity index (χ4n) is 3.09. The van der Waals surface area contributed by atoms with Crippen molar-refractivity contribution in [1.82, 2.24) is 5.32 Å². The third-order valence-electron chi connectivity index (χ3n) is 4.29. The number of imide groups is 1. The van der Waals surface area contributed by atoms with E-state index in [1.165, 1.54) is 11.3 Å². The minimum atomic E-state index is -1.22. The number of esters is 1. The van der Waals surface area contributed by atoms with Crippen LogP contribution in [0, 0.1) is 11.6 Å². The number of aryl methyl sites for hydroxylation is 1. The van der Waals surface area contributed by atoms with Crippen molar-refractivity contribution in [3.05, 3.63) is 51.4 Å². The zero-order chi connectivity index (χ0) is 20.3. The Labute approximate surface area is 163 Å². The van der Waals surface area contributed by atoms with E-state index in [2.05, 4.69) is 5.32 Å². The average molecular weight is 408 g/mol. The number of nitrogens with one attached hydrogen (secondary N) is 2. The summed E-state index contributed by atoms with van der Waals surface area (Å²) in [4.78, 5) is 37.6. The van der Waals surface area contributed by atoms with E-state index in [1.54, 1.807) is 6.92 Å². The Morgan fingerprint density at radius 3 is 2.46 bits per heavy atom. The quantitative estimate of drug-likeness (QED) is 0.748. The normalized spacial score (nSPS) is 12.8. The number of halogens is 2. The highest BCUT2D eigenvalue weighted by Gasteiger charge is 2.28. The van der Waals surface area contributed by atoms with Gasteiger partial charge in [0.15, 0.2) is 0 Å². The number of benzene rings is 1. The van der Waals surface area contributed by atoms with Gasteiger partial charge in [0, 0.05) is 4.88 Å². The second kappa shape index (κ2) is 8.47. The predicted molar refractivity (Wildman–Crippen MR) is 99.8 cm³/mol. The number of anilines is 1. The molecule has 148 valence electrons. The minimum Gasteiger partial charge on any atom is -0.462 e. The molecule has 1 heterocycles. The van der Waals surface area contributed by atoms with Gasteiger partial charge in [0.05, 0.1) is 12.2 Å². The number of carbonyl (C=O) groups is 3. The summed E-state index contributed by atoms with van der Waals surface area (Å²) in [6.45, 7) is 1.86. The standard InChI is InChI=1S/C19H18F2N2O4S/c1-2-27-18(25)14-10-6-3-4-9-13(10)28-17(14)23-19(26)22-16(24)15-11(20)7-5-8-12(15)21/h5,7-8H,2-4,6,9H2,1H3,(H2,22,23,24,26). The first-order valence-electron chi connectivity index (χ1n) is 8.80. The number of fused-ring (bicyclic) bond motifs is 1. The first-order valence-corrected chi connectivity index (χ1v) is 9.62. The zero-order valence-corrected chi connectivity index (χ0v) is 15.9. The first-order chi connectivity index (χ1) is 13.4. The Hall–Kier alpha value is -2.81. The topological polar surface area (TPSA) is 84.5 Å². The van der Waals surface area contributed by atoms with E-state index in [1.807, 2.05) is 5.32 Å². The van der Waals surface area contributed by atoms with Gasteiger partial charge in [-0.1, -0.05) is 6.07 Å². The van der Waals surface area contributed by atoms with Crippen molar-refractivity contribution in [2.24, 2.45) is 0 Å². The SMILES string of the molecule is CCOC(=O)c1c(NC(=O)NC(=O)c2c(F)cccc2F)sc2c1CCCC2. The maximum absolute atomic E-state index is 13.7. The number of hydrogen-bond acceptors (Lipinski definition) is 5. The molecule has 28 heavy (non-hydrogen) atoms. The van der Waals surface area contributed by atoms with E-state index in [9.17, 15) is 23.2 Å². The van der Waals surface area contributed by atoms with Crippen molar-refractivity contribution in [2.75, 3.05) is 11.9 Å². The van der Waals surface area contributed by atoms with Gasteiger partial charge < -0.3 is 4.74 Å². The van der Waals surface area contributed by atoms with E-state index < -0.39 is 35.1 Å². The van der Waals surface area contributed by atoms with Crippen LogP contribution in [-0.4, -0.2) is 24.5 Å². The highest BCUT2D eigenvalue weighted by Crippen LogP contribution is 2.38. The minimum absolute atomic E-state index is 0.181. The highest BCUT2D eigenvalue weighted by molar-refractivity contribution is 7.17. The number of carbonyl (C=O) groups excluding carboxylic acids is 3. The highest BCUT2D eigenvalue weighted by atomic mass is 32.1. The Kier molecular flexibility index (Phi) is 6.03. The van der Waals surface area contributed by atoms with E-state index in [-0.39, 0.29) is 17.2 Å². The second-order valence-corrected chi connectivity index (χ2v) is 7.25. The predicted octanol–water partition coefficient (Wildman–Crippen LogP) is 4.04. The number of ether oxygens (including phenoxy) is 1. The lowest BCUT2D eigenvalue weighted by Gasteiger charge is -2.12. The summed E-state index contributed by atoms with van der Waals surface area (Å²) in [5.74, 6) is -3.93. The van der Waals surface area contributed by atoms with Crippen LogP contribution in [0.3, 0.4) is 0 Å². The lowest BCUT2D eigenvalue weighted by atomic mass is 9.95. The fraction of sp³-hybridized carbons (Fsp3) is 0.316. The van der Waals surface area contributed by atoms with Gasteiger partial charge in [0.25, 0.3) is 5.91 Å². The Bertz CT molecular complexity index is 922. The molecule has 0 spiro atoms. The molecule has 1 aromatic heterocycles. The molecule has 0 aliphatic heterocycles. The largest absolute Gasteiger partial charge is 0.462 e. The van der Waals surface area contributed by atoms with Crippen LogP contribution in [0.5, 0.6) is 0 Å². The summed E-state index contributed by atoms with van der Waals surface area (Å²) in [5.41, 5.74) is 0.270. The molecule has 1 aliphatic carbocycles. The van der Waals surface area contributed by atoms with Gasteiger partial charge >= 0.3 is 12.0 Å². The van der Waals surface area contributed by atoms with Crippen LogP contribution in [0.1, 0.15) is 50.9 Å². The number of amides is 3. The molecule has 2 N–H and O–H groups in total. The van der Waals surface area contributed by atoms with Gasteiger partial charge in [-0.2, -0.15) is 0 Å². The number of hydrogen-bond donors (Lipinski definition) is 2. The van der Waals surface area contributed by atoms with E-state index in [0.717, 1.165) is 47.9 Å². The number of rotatable bonds is 4. The Morgan fingerprint density at radius 2 is 1.79 bits per heavy atom. The maximum atomic E-state index is 13.7. The molecule has 2 aromatic rings. The molecular weight excluding hydrogens is 390 g/mol. The van der Waals surface area contributed by atoms with Crippen molar-refractivity contribution >= 4 is 34.2 Å². The van der Waals surface area contributed by atoms with Crippen LogP contribution < -0.4 is 10.6 Å². The van der Waals surface area contributed by atoms with E-state index >= 15 is 0 Å². The van der Waals surface area contributed by atoms with Crippen LogP contribution in [0.4, 0.5) is 18.6 Å². The van der Waals surface area contributed by atoms with Gasteiger partial charge in [-0.15, -0.1) is 11.3 Å². The van der Waals surface area contributed by atoms with Crippen LogP contribution in [-0.2, 0) is 17.6 Å². The van der Waals surface area contributed by atoms with Crippen LogP contribution >= 0.6 is 11.3 Å². The summed E-state index contributed by atoms with van der Waals surface area (Å²) in [6, 6.07) is 1.96. The van der Waals surface area contributed by atoms with E-state index in [0.29, 0.717) is 6.42 Å². The Balaban J connectivity index is 1.81. The summed E-state index contributed by atoms with van der Waals surface area (Å²) in [7, 11) is 0. The van der Waals surface area contributed by atoms with Crippen LogP contribution in [0.15, 0.2) is 18.2 Å². The lowest BCUT2D eigenvalue weighted by Crippen LogP contribution is -2.35. The van der Waals surface area contributed by atoms with Crippen LogP contribution in [0.25, 0.3) is 0 Å². The maximum Gasteiger partial charge on any atom is 0.341 e. The third kappa shape index (κ3) is 4.04. The molecule has 0 saturated heterocycles. The van der Waals surface area contributed by atoms with Gasteiger partial charge in [-0.3, -0.25) is 15.4 Å². The Morgan fingerprint density at radius 1 is 1.11 bits per heavy atom. The lowest BCUT2D eigenvalue weighted by molar-refractivity contribution is 0.0526. The summed E-state index contributed by atoms with van der Waals surface area (Å²) >= 11 is 1.24. The average Bonchev–Trinajstić information content (AvgIpc) is 2.99. The molecule has 3 rings (SSSR count). The molecule has 0 fully saturated rings. The molecule has 0 atom stereocenters. The van der Waals surface area contributed by atoms with Gasteiger partial charge in [-0.05, 0) is 50.3 Å².